The molecule has 0 amide bonds. The van der Waals surface area contributed by atoms with Gasteiger partial charge in [0.15, 0.2) is 6.29 Å². The Morgan fingerprint density at radius 3 is 2.91 bits per heavy atom. The van der Waals surface area contributed by atoms with Crippen molar-refractivity contribution in [2.45, 2.75) is 69.6 Å². The molecular weight excluding hydrogens is 294 g/mol. The molecule has 0 aromatic carbocycles. The second-order valence-corrected chi connectivity index (χ2v) is 7.18. The zero-order chi connectivity index (χ0) is 15.8. The zero-order valence-electron chi connectivity index (χ0n) is 13.7. The lowest BCUT2D eigenvalue weighted by atomic mass is 9.88. The Labute approximate surface area is 137 Å². The summed E-state index contributed by atoms with van der Waals surface area (Å²) in [4.78, 5) is 4.27. The van der Waals surface area contributed by atoms with Crippen LogP contribution in [0.1, 0.15) is 44.0 Å². The Bertz CT molecular complexity index is 529. The lowest BCUT2D eigenvalue weighted by Gasteiger charge is -2.40. The van der Waals surface area contributed by atoms with Crippen molar-refractivity contribution in [3.8, 4) is 0 Å². The molecule has 0 unspecified atom stereocenters. The van der Waals surface area contributed by atoms with E-state index in [2.05, 4.69) is 10.3 Å². The van der Waals surface area contributed by atoms with Crippen LogP contribution in [0, 0.1) is 12.8 Å². The molecule has 6 nitrogen and oxygen atoms in total. The summed E-state index contributed by atoms with van der Waals surface area (Å²) in [6.45, 7) is 3.45. The van der Waals surface area contributed by atoms with Gasteiger partial charge in [-0.3, -0.25) is 0 Å². The van der Waals surface area contributed by atoms with Crippen LogP contribution in [0.25, 0.3) is 0 Å². The summed E-state index contributed by atoms with van der Waals surface area (Å²) in [7, 11) is 0. The number of hydrogen-bond donors (Lipinski definition) is 2. The number of hydrogen-bond acceptors (Lipinski definition) is 5. The molecular formula is C17H27N3O3. The molecule has 3 heterocycles. The van der Waals surface area contributed by atoms with E-state index in [1.807, 2.05) is 17.7 Å². The number of aliphatic hydroxyl groups is 1. The number of fused-ring (bicyclic) bond motifs is 2. The van der Waals surface area contributed by atoms with Crippen LogP contribution in [0.3, 0.4) is 0 Å². The quantitative estimate of drug-likeness (QED) is 0.877. The van der Waals surface area contributed by atoms with Crippen molar-refractivity contribution in [1.29, 1.82) is 0 Å². The minimum atomic E-state index is -0.530. The number of aromatic nitrogens is 2. The van der Waals surface area contributed by atoms with Crippen molar-refractivity contribution in [2.75, 3.05) is 13.2 Å². The molecule has 2 aliphatic heterocycles. The van der Waals surface area contributed by atoms with Gasteiger partial charge in [-0.2, -0.15) is 0 Å². The first kappa shape index (κ1) is 15.6. The van der Waals surface area contributed by atoms with Crippen LogP contribution in [0.2, 0.25) is 0 Å². The summed E-state index contributed by atoms with van der Waals surface area (Å²) in [5, 5.41) is 14.6. The molecule has 2 saturated heterocycles. The third-order valence-corrected chi connectivity index (χ3v) is 5.68. The predicted octanol–water partition coefficient (Wildman–Crippen LogP) is 1.39. The normalized spacial score (nSPS) is 38.1. The minimum absolute atomic E-state index is 0.0568. The molecule has 3 fully saturated rings. The molecule has 1 aromatic rings. The van der Waals surface area contributed by atoms with E-state index in [4.69, 9.17) is 9.47 Å². The SMILES string of the molecule is Cc1nccn1[C@H]1[C@@H]2OC[C@@H](O2)[C@@H](NCC2CCCCC2)[C@@H]1O. The van der Waals surface area contributed by atoms with E-state index in [1.165, 1.54) is 32.1 Å². The van der Waals surface area contributed by atoms with Crippen LogP contribution in [-0.4, -0.2) is 52.3 Å². The van der Waals surface area contributed by atoms with E-state index >= 15 is 0 Å². The summed E-state index contributed by atoms with van der Waals surface area (Å²) < 4.78 is 13.8. The predicted molar refractivity (Wildman–Crippen MR) is 85.0 cm³/mol. The molecule has 0 radical (unpaired) electrons. The standard InChI is InChI=1S/C17H27N3O3/c1-11-18-7-8-20(11)15-16(21)14(13-10-22-17(15)23-13)19-9-12-5-3-2-4-6-12/h7-8,12-17,19,21H,2-6,9-10H2,1H3/t13-,14-,15-,16+,17-/m1/s1. The van der Waals surface area contributed by atoms with Crippen LogP contribution in [-0.2, 0) is 9.47 Å². The van der Waals surface area contributed by atoms with Gasteiger partial charge in [0.2, 0.25) is 0 Å². The maximum Gasteiger partial charge on any atom is 0.181 e. The van der Waals surface area contributed by atoms with Gasteiger partial charge in [0, 0.05) is 12.4 Å². The van der Waals surface area contributed by atoms with Gasteiger partial charge in [-0.25, -0.2) is 4.98 Å². The topological polar surface area (TPSA) is 68.5 Å². The average molecular weight is 321 g/mol. The Kier molecular flexibility index (Phi) is 4.41. The Morgan fingerprint density at radius 2 is 2.17 bits per heavy atom. The highest BCUT2D eigenvalue weighted by molar-refractivity contribution is 5.04. The molecule has 3 aliphatic rings. The maximum atomic E-state index is 11.0. The van der Waals surface area contributed by atoms with E-state index in [9.17, 15) is 5.11 Å². The fourth-order valence-electron chi connectivity index (χ4n) is 4.35. The van der Waals surface area contributed by atoms with Gasteiger partial charge in [-0.05, 0) is 32.2 Å². The lowest BCUT2D eigenvalue weighted by molar-refractivity contribution is -0.166. The van der Waals surface area contributed by atoms with Gasteiger partial charge in [0.25, 0.3) is 0 Å². The number of aryl methyl sites for hydroxylation is 1. The maximum absolute atomic E-state index is 11.0. The molecule has 1 aliphatic carbocycles. The van der Waals surface area contributed by atoms with Crippen molar-refractivity contribution in [2.24, 2.45) is 5.92 Å². The van der Waals surface area contributed by atoms with Crippen LogP contribution >= 0.6 is 0 Å². The molecule has 5 atom stereocenters. The molecule has 6 heteroatoms. The summed E-state index contributed by atoms with van der Waals surface area (Å²) in [6, 6.07) is -0.317. The van der Waals surface area contributed by atoms with Crippen LogP contribution in [0.4, 0.5) is 0 Å². The first-order valence-corrected chi connectivity index (χ1v) is 8.92. The Morgan fingerprint density at radius 1 is 1.35 bits per heavy atom. The molecule has 2 bridgehead atoms. The van der Waals surface area contributed by atoms with Gasteiger partial charge >= 0.3 is 0 Å². The fraction of sp³-hybridized carbons (Fsp3) is 0.824. The third kappa shape index (κ3) is 2.93. The highest BCUT2D eigenvalue weighted by atomic mass is 16.7. The Hall–Kier alpha value is -0.950. The molecule has 1 aromatic heterocycles. The average Bonchev–Trinajstić information content (AvgIpc) is 3.17. The number of ether oxygens (including phenoxy) is 2. The zero-order valence-corrected chi connectivity index (χ0v) is 13.7. The van der Waals surface area contributed by atoms with E-state index < -0.39 is 6.10 Å². The van der Waals surface area contributed by atoms with Gasteiger partial charge in [-0.1, -0.05) is 19.3 Å². The van der Waals surface area contributed by atoms with E-state index in [-0.39, 0.29) is 24.5 Å². The van der Waals surface area contributed by atoms with E-state index in [0.717, 1.165) is 18.3 Å². The van der Waals surface area contributed by atoms with Crippen molar-refractivity contribution in [1.82, 2.24) is 14.9 Å². The molecule has 2 N–H and O–H groups in total. The van der Waals surface area contributed by atoms with Crippen molar-refractivity contribution < 1.29 is 14.6 Å². The third-order valence-electron chi connectivity index (χ3n) is 5.68. The van der Waals surface area contributed by atoms with E-state index in [0.29, 0.717) is 6.61 Å². The smallest absolute Gasteiger partial charge is 0.181 e. The molecule has 23 heavy (non-hydrogen) atoms. The number of nitrogens with one attached hydrogen (secondary N) is 1. The van der Waals surface area contributed by atoms with Gasteiger partial charge < -0.3 is 24.5 Å². The summed E-state index contributed by atoms with van der Waals surface area (Å²) in [5.41, 5.74) is 0. The highest BCUT2D eigenvalue weighted by Crippen LogP contribution is 2.36. The summed E-state index contributed by atoms with van der Waals surface area (Å²) in [5.74, 6) is 1.60. The van der Waals surface area contributed by atoms with Gasteiger partial charge in [0.1, 0.15) is 18.0 Å². The second-order valence-electron chi connectivity index (χ2n) is 7.18. The minimum Gasteiger partial charge on any atom is -0.389 e. The first-order valence-electron chi connectivity index (χ1n) is 8.92. The summed E-state index contributed by atoms with van der Waals surface area (Å²) >= 11 is 0. The van der Waals surface area contributed by atoms with Crippen LogP contribution in [0.5, 0.6) is 0 Å². The number of aliphatic hydroxyl groups excluding tert-OH is 1. The number of rotatable bonds is 4. The number of imidazole rings is 1. The molecule has 0 spiro atoms. The molecule has 4 rings (SSSR count). The highest BCUT2D eigenvalue weighted by Gasteiger charge is 2.51. The lowest BCUT2D eigenvalue weighted by Crippen LogP contribution is -2.58. The first-order chi connectivity index (χ1) is 11.2. The van der Waals surface area contributed by atoms with Crippen molar-refractivity contribution in [3.63, 3.8) is 0 Å². The van der Waals surface area contributed by atoms with E-state index in [1.54, 1.807) is 6.20 Å². The van der Waals surface area contributed by atoms with Crippen molar-refractivity contribution >= 4 is 0 Å². The van der Waals surface area contributed by atoms with Gasteiger partial charge in [0.05, 0.1) is 18.8 Å². The van der Waals surface area contributed by atoms with Crippen LogP contribution in [0.15, 0.2) is 12.4 Å². The fourth-order valence-corrected chi connectivity index (χ4v) is 4.35. The molecule has 128 valence electrons. The van der Waals surface area contributed by atoms with Crippen molar-refractivity contribution in [3.05, 3.63) is 18.2 Å². The van der Waals surface area contributed by atoms with Gasteiger partial charge in [-0.15, -0.1) is 0 Å². The Balaban J connectivity index is 1.47. The monoisotopic (exact) mass is 321 g/mol. The second kappa shape index (κ2) is 6.51. The summed E-state index contributed by atoms with van der Waals surface area (Å²) in [6.07, 6.45) is 9.32. The number of nitrogens with zero attached hydrogens (tertiary/aromatic N) is 2. The largest absolute Gasteiger partial charge is 0.389 e. The molecule has 1 saturated carbocycles. The van der Waals surface area contributed by atoms with Crippen LogP contribution < -0.4 is 5.32 Å².